The Balaban J connectivity index is 1.29. The van der Waals surface area contributed by atoms with Crippen molar-refractivity contribution in [2.24, 2.45) is 11.8 Å². The average Bonchev–Trinajstić information content (AvgIpc) is 2.87. The number of halogens is 9. The van der Waals surface area contributed by atoms with Crippen molar-refractivity contribution in [1.82, 2.24) is 0 Å². The van der Waals surface area contributed by atoms with Crippen molar-refractivity contribution in [1.29, 1.82) is 0 Å². The minimum absolute atomic E-state index is 0.208. The van der Waals surface area contributed by atoms with Gasteiger partial charge < -0.3 is 4.74 Å². The van der Waals surface area contributed by atoms with Gasteiger partial charge in [-0.05, 0) is 117 Å². The van der Waals surface area contributed by atoms with Crippen LogP contribution < -0.4 is 0 Å². The second kappa shape index (κ2) is 13.0. The number of benzene rings is 2. The lowest BCUT2D eigenvalue weighted by molar-refractivity contribution is -0.281. The molecule has 2 fully saturated rings. The fourth-order valence-electron chi connectivity index (χ4n) is 6.60. The predicted molar refractivity (Wildman–Crippen MR) is 136 cm³/mol. The third-order valence-electron chi connectivity index (χ3n) is 8.75. The Morgan fingerprint density at radius 3 is 1.63 bits per heavy atom. The molecule has 41 heavy (non-hydrogen) atoms. The van der Waals surface area contributed by atoms with E-state index in [1.807, 2.05) is 6.92 Å². The Labute approximate surface area is 234 Å². The van der Waals surface area contributed by atoms with Crippen molar-refractivity contribution in [3.8, 4) is 0 Å². The second-order valence-electron chi connectivity index (χ2n) is 11.5. The first-order valence-corrected chi connectivity index (χ1v) is 14.4. The summed E-state index contributed by atoms with van der Waals surface area (Å²) in [4.78, 5) is 0. The second-order valence-corrected chi connectivity index (χ2v) is 11.5. The van der Waals surface area contributed by atoms with Crippen molar-refractivity contribution in [3.63, 3.8) is 0 Å². The van der Waals surface area contributed by atoms with Crippen LogP contribution in [-0.2, 0) is 23.4 Å². The topological polar surface area (TPSA) is 9.23 Å². The first kappa shape index (κ1) is 31.7. The average molecular weight is 595 g/mol. The van der Waals surface area contributed by atoms with Gasteiger partial charge in [-0.3, -0.25) is 0 Å². The van der Waals surface area contributed by atoms with Crippen molar-refractivity contribution in [3.05, 3.63) is 69.8 Å². The van der Waals surface area contributed by atoms with E-state index in [0.29, 0.717) is 69.8 Å². The zero-order valence-corrected chi connectivity index (χ0v) is 22.9. The van der Waals surface area contributed by atoms with Gasteiger partial charge in [0.05, 0.1) is 6.10 Å². The fourth-order valence-corrected chi connectivity index (χ4v) is 6.60. The highest BCUT2D eigenvalue weighted by Gasteiger charge is 2.43. The van der Waals surface area contributed by atoms with E-state index in [0.717, 1.165) is 37.1 Å². The third kappa shape index (κ3) is 7.59. The van der Waals surface area contributed by atoms with E-state index < -0.39 is 52.8 Å². The summed E-state index contributed by atoms with van der Waals surface area (Å²) in [5.74, 6) is -5.69. The maximum atomic E-state index is 14.9. The van der Waals surface area contributed by atoms with Crippen LogP contribution in [0.1, 0.15) is 106 Å². The van der Waals surface area contributed by atoms with Gasteiger partial charge in [-0.15, -0.1) is 0 Å². The quantitative estimate of drug-likeness (QED) is 0.207. The van der Waals surface area contributed by atoms with Gasteiger partial charge >= 0.3 is 12.3 Å². The Kier molecular flexibility index (Phi) is 10.0. The molecule has 0 aliphatic heterocycles. The smallest absolute Gasteiger partial charge is 0.313 e. The number of hydrogen-bond donors (Lipinski definition) is 0. The third-order valence-corrected chi connectivity index (χ3v) is 8.75. The van der Waals surface area contributed by atoms with E-state index in [2.05, 4.69) is 0 Å². The molecule has 2 aromatic rings. The molecule has 2 aromatic carbocycles. The van der Waals surface area contributed by atoms with Crippen LogP contribution in [0.3, 0.4) is 0 Å². The SMILES string of the molecule is CCCCCc1cc(F)c(C(F)(F)OC2CCC(C3CCC(c4cc(F)c(C(F)(F)F)c(F)c4)CC3)CC2)c(F)c1. The molecule has 2 aliphatic rings. The largest absolute Gasteiger partial charge is 0.422 e. The molecule has 0 saturated heterocycles. The van der Waals surface area contributed by atoms with E-state index in [-0.39, 0.29) is 23.3 Å². The zero-order chi connectivity index (χ0) is 29.9. The summed E-state index contributed by atoms with van der Waals surface area (Å²) in [7, 11) is 0. The normalized spacial score (nSPS) is 24.0. The number of alkyl halides is 5. The monoisotopic (exact) mass is 594 g/mol. The number of aryl methyl sites for hydroxylation is 1. The molecule has 0 heterocycles. The molecule has 0 radical (unpaired) electrons. The van der Waals surface area contributed by atoms with Crippen molar-refractivity contribution in [2.45, 2.75) is 108 Å². The molecule has 228 valence electrons. The highest BCUT2D eigenvalue weighted by molar-refractivity contribution is 5.31. The molecule has 0 bridgehead atoms. The van der Waals surface area contributed by atoms with Crippen LogP contribution >= 0.6 is 0 Å². The van der Waals surface area contributed by atoms with Gasteiger partial charge in [-0.25, -0.2) is 17.6 Å². The fraction of sp³-hybridized carbons (Fsp3) is 0.613. The van der Waals surface area contributed by atoms with Crippen LogP contribution in [-0.4, -0.2) is 6.10 Å². The molecule has 10 heteroatoms. The van der Waals surface area contributed by atoms with Gasteiger partial charge in [0.1, 0.15) is 34.4 Å². The van der Waals surface area contributed by atoms with Crippen molar-refractivity contribution < 1.29 is 44.3 Å². The molecule has 0 aromatic heterocycles. The maximum absolute atomic E-state index is 14.9. The summed E-state index contributed by atoms with van der Waals surface area (Å²) < 4.78 is 131. The lowest BCUT2D eigenvalue weighted by Crippen LogP contribution is -2.33. The van der Waals surface area contributed by atoms with E-state index in [9.17, 15) is 39.5 Å². The minimum atomic E-state index is -5.11. The Morgan fingerprint density at radius 1 is 0.659 bits per heavy atom. The Bertz CT molecular complexity index is 1130. The molecule has 2 aliphatic carbocycles. The van der Waals surface area contributed by atoms with Gasteiger partial charge in [-0.1, -0.05) is 19.8 Å². The van der Waals surface area contributed by atoms with Gasteiger partial charge in [0.15, 0.2) is 0 Å². The number of rotatable bonds is 9. The lowest BCUT2D eigenvalue weighted by atomic mass is 9.69. The summed E-state index contributed by atoms with van der Waals surface area (Å²) in [5.41, 5.74) is -2.71. The Hall–Kier alpha value is -2.23. The first-order chi connectivity index (χ1) is 19.3. The van der Waals surface area contributed by atoms with E-state index in [4.69, 9.17) is 4.74 Å². The van der Waals surface area contributed by atoms with Gasteiger partial charge in [0.2, 0.25) is 0 Å². The van der Waals surface area contributed by atoms with Gasteiger partial charge in [-0.2, -0.15) is 22.0 Å². The number of hydrogen-bond acceptors (Lipinski definition) is 1. The standard InChI is InChI=1S/C31H35F9O/c1-2-3-4-5-18-14-24(32)29(25(33)15-18)31(39,40)41-23-12-10-20(11-13-23)19-6-8-21(9-7-19)22-16-26(34)28(27(35)17-22)30(36,37)38/h14-17,19-21,23H,2-13H2,1H3. The molecular weight excluding hydrogens is 559 g/mol. The molecule has 0 atom stereocenters. The number of unbranched alkanes of at least 4 members (excludes halogenated alkanes) is 2. The molecule has 0 unspecified atom stereocenters. The first-order valence-electron chi connectivity index (χ1n) is 14.4. The minimum Gasteiger partial charge on any atom is -0.313 e. The molecule has 4 rings (SSSR count). The summed E-state index contributed by atoms with van der Waals surface area (Å²) in [6.07, 6.45) is -2.93. The van der Waals surface area contributed by atoms with Crippen LogP contribution in [0.2, 0.25) is 0 Å². The maximum Gasteiger partial charge on any atom is 0.422 e. The molecule has 1 nitrogen and oxygen atoms in total. The number of ether oxygens (including phenoxy) is 1. The van der Waals surface area contributed by atoms with Crippen LogP contribution in [0.25, 0.3) is 0 Å². The van der Waals surface area contributed by atoms with Crippen molar-refractivity contribution >= 4 is 0 Å². The van der Waals surface area contributed by atoms with Crippen molar-refractivity contribution in [2.75, 3.05) is 0 Å². The van der Waals surface area contributed by atoms with Crippen LogP contribution in [0.4, 0.5) is 39.5 Å². The summed E-state index contributed by atoms with van der Waals surface area (Å²) in [6, 6.07) is 3.44. The molecule has 0 amide bonds. The van der Waals surface area contributed by atoms with E-state index in [1.54, 1.807) is 0 Å². The van der Waals surface area contributed by atoms with E-state index >= 15 is 0 Å². The summed E-state index contributed by atoms with van der Waals surface area (Å²) in [6.45, 7) is 1.99. The lowest BCUT2D eigenvalue weighted by Gasteiger charge is -2.38. The molecule has 0 spiro atoms. The highest BCUT2D eigenvalue weighted by atomic mass is 19.4. The Morgan fingerprint density at radius 2 is 1.15 bits per heavy atom. The zero-order valence-electron chi connectivity index (χ0n) is 22.9. The van der Waals surface area contributed by atoms with Gasteiger partial charge in [0.25, 0.3) is 0 Å². The van der Waals surface area contributed by atoms with Gasteiger partial charge in [0, 0.05) is 0 Å². The summed E-state index contributed by atoms with van der Waals surface area (Å²) >= 11 is 0. The van der Waals surface area contributed by atoms with E-state index in [1.165, 1.54) is 0 Å². The van der Waals surface area contributed by atoms with Crippen LogP contribution in [0.15, 0.2) is 24.3 Å². The highest BCUT2D eigenvalue weighted by Crippen LogP contribution is 2.46. The van der Waals surface area contributed by atoms with Crippen LogP contribution in [0.5, 0.6) is 0 Å². The summed E-state index contributed by atoms with van der Waals surface area (Å²) in [5, 5.41) is 0. The predicted octanol–water partition coefficient (Wildman–Crippen LogP) is 10.6. The molecule has 0 N–H and O–H groups in total. The molecule has 2 saturated carbocycles. The molecular formula is C31H35F9O. The van der Waals surface area contributed by atoms with Crippen LogP contribution in [0, 0.1) is 35.1 Å².